The second-order valence-corrected chi connectivity index (χ2v) is 8.94. The SMILES string of the molecule is Cc1noc(C)c1CC(=O)N(CC1CCCO1)c1nc(-c2ccc(Cl)cc2Cl)cs1. The summed E-state index contributed by atoms with van der Waals surface area (Å²) in [6.07, 6.45) is 2.13. The van der Waals surface area contributed by atoms with E-state index in [-0.39, 0.29) is 18.4 Å². The molecule has 3 aromatic rings. The lowest BCUT2D eigenvalue weighted by atomic mass is 10.1. The third kappa shape index (κ3) is 4.54. The fraction of sp³-hybridized carbons (Fsp3) is 0.381. The zero-order valence-electron chi connectivity index (χ0n) is 16.7. The van der Waals surface area contributed by atoms with Gasteiger partial charge >= 0.3 is 0 Å². The van der Waals surface area contributed by atoms with Crippen molar-refractivity contribution < 1.29 is 14.1 Å². The summed E-state index contributed by atoms with van der Waals surface area (Å²) in [5.41, 5.74) is 3.03. The summed E-state index contributed by atoms with van der Waals surface area (Å²) in [5, 5.41) is 7.55. The lowest BCUT2D eigenvalue weighted by Crippen LogP contribution is -2.38. The molecule has 158 valence electrons. The Labute approximate surface area is 188 Å². The van der Waals surface area contributed by atoms with E-state index in [1.165, 1.54) is 11.3 Å². The molecule has 1 unspecified atom stereocenters. The van der Waals surface area contributed by atoms with Gasteiger partial charge in [-0.15, -0.1) is 11.3 Å². The van der Waals surface area contributed by atoms with E-state index in [0.717, 1.165) is 36.3 Å². The van der Waals surface area contributed by atoms with Crippen molar-refractivity contribution in [2.75, 3.05) is 18.1 Å². The fourth-order valence-electron chi connectivity index (χ4n) is 3.49. The van der Waals surface area contributed by atoms with Gasteiger partial charge in [0, 0.05) is 28.1 Å². The molecule has 1 atom stereocenters. The molecule has 1 aromatic carbocycles. The predicted molar refractivity (Wildman–Crippen MR) is 119 cm³/mol. The van der Waals surface area contributed by atoms with E-state index in [9.17, 15) is 4.79 Å². The molecule has 0 bridgehead atoms. The highest BCUT2D eigenvalue weighted by Crippen LogP contribution is 2.34. The Kier molecular flexibility index (Phi) is 6.43. The van der Waals surface area contributed by atoms with Crippen LogP contribution in [0.2, 0.25) is 10.0 Å². The quantitative estimate of drug-likeness (QED) is 0.482. The first-order valence-electron chi connectivity index (χ1n) is 9.67. The van der Waals surface area contributed by atoms with Crippen LogP contribution in [0.15, 0.2) is 28.1 Å². The summed E-state index contributed by atoms with van der Waals surface area (Å²) in [7, 11) is 0. The zero-order chi connectivity index (χ0) is 21.3. The van der Waals surface area contributed by atoms with E-state index in [4.69, 9.17) is 37.4 Å². The normalized spacial score (nSPS) is 16.2. The van der Waals surface area contributed by atoms with Crippen LogP contribution in [0.25, 0.3) is 11.3 Å². The molecule has 30 heavy (non-hydrogen) atoms. The van der Waals surface area contributed by atoms with Crippen LogP contribution in [-0.2, 0) is 16.0 Å². The Morgan fingerprint density at radius 2 is 2.17 bits per heavy atom. The predicted octanol–water partition coefficient (Wildman–Crippen LogP) is 5.48. The summed E-state index contributed by atoms with van der Waals surface area (Å²) >= 11 is 13.8. The number of amides is 1. The number of halogens is 2. The highest BCUT2D eigenvalue weighted by atomic mass is 35.5. The minimum Gasteiger partial charge on any atom is -0.376 e. The molecule has 0 aliphatic carbocycles. The molecule has 6 nitrogen and oxygen atoms in total. The minimum atomic E-state index is -0.0667. The molecule has 4 rings (SSSR count). The molecule has 0 radical (unpaired) electrons. The standard InChI is InChI=1S/C21H21Cl2N3O3S/c1-12-17(13(2)29-25-12)9-20(27)26(10-15-4-3-7-28-15)21-24-19(11-30-21)16-6-5-14(22)8-18(16)23/h5-6,8,11,15H,3-4,7,9-10H2,1-2H3. The first kappa shape index (κ1) is 21.3. The van der Waals surface area contributed by atoms with Crippen molar-refractivity contribution in [3.63, 3.8) is 0 Å². The lowest BCUT2D eigenvalue weighted by Gasteiger charge is -2.23. The van der Waals surface area contributed by atoms with Gasteiger partial charge in [-0.1, -0.05) is 28.4 Å². The van der Waals surface area contributed by atoms with Gasteiger partial charge in [0.2, 0.25) is 5.91 Å². The highest BCUT2D eigenvalue weighted by molar-refractivity contribution is 7.14. The van der Waals surface area contributed by atoms with Gasteiger partial charge in [0.25, 0.3) is 0 Å². The number of aromatic nitrogens is 2. The van der Waals surface area contributed by atoms with E-state index < -0.39 is 0 Å². The van der Waals surface area contributed by atoms with E-state index in [0.29, 0.717) is 33.2 Å². The smallest absolute Gasteiger partial charge is 0.233 e. The number of thiazole rings is 1. The third-order valence-electron chi connectivity index (χ3n) is 5.15. The first-order chi connectivity index (χ1) is 14.4. The highest BCUT2D eigenvalue weighted by Gasteiger charge is 2.27. The second kappa shape index (κ2) is 9.06. The Bertz CT molecular complexity index is 1040. The molecule has 1 fully saturated rings. The van der Waals surface area contributed by atoms with Crippen molar-refractivity contribution in [3.05, 3.63) is 50.6 Å². The van der Waals surface area contributed by atoms with Crippen LogP contribution in [0.3, 0.4) is 0 Å². The van der Waals surface area contributed by atoms with Crippen LogP contribution in [-0.4, -0.2) is 35.3 Å². The topological polar surface area (TPSA) is 68.5 Å². The van der Waals surface area contributed by atoms with E-state index >= 15 is 0 Å². The number of hydrogen-bond donors (Lipinski definition) is 0. The van der Waals surface area contributed by atoms with Crippen molar-refractivity contribution >= 4 is 45.6 Å². The van der Waals surface area contributed by atoms with Gasteiger partial charge in [-0.05, 0) is 44.9 Å². The molecule has 2 aromatic heterocycles. The van der Waals surface area contributed by atoms with Gasteiger partial charge in [-0.25, -0.2) is 4.98 Å². The van der Waals surface area contributed by atoms with Gasteiger partial charge in [0.1, 0.15) is 5.76 Å². The van der Waals surface area contributed by atoms with Crippen LogP contribution in [0.4, 0.5) is 5.13 Å². The number of benzene rings is 1. The largest absolute Gasteiger partial charge is 0.376 e. The molecule has 0 saturated carbocycles. The molecule has 0 N–H and O–H groups in total. The van der Waals surface area contributed by atoms with Gasteiger partial charge in [-0.3, -0.25) is 9.69 Å². The monoisotopic (exact) mass is 465 g/mol. The Balaban J connectivity index is 1.62. The molecule has 0 spiro atoms. The van der Waals surface area contributed by atoms with Crippen LogP contribution < -0.4 is 4.90 Å². The summed E-state index contributed by atoms with van der Waals surface area (Å²) in [5.74, 6) is 0.591. The minimum absolute atomic E-state index is 0.00471. The van der Waals surface area contributed by atoms with Crippen LogP contribution in [0.1, 0.15) is 29.9 Å². The van der Waals surface area contributed by atoms with Crippen molar-refractivity contribution in [1.82, 2.24) is 10.1 Å². The number of ether oxygens (including phenoxy) is 1. The van der Waals surface area contributed by atoms with Crippen molar-refractivity contribution in [3.8, 4) is 11.3 Å². The number of aryl methyl sites for hydroxylation is 2. The molecule has 9 heteroatoms. The summed E-state index contributed by atoms with van der Waals surface area (Å²) in [6, 6.07) is 5.29. The fourth-order valence-corrected chi connectivity index (χ4v) is 4.85. The maximum absolute atomic E-state index is 13.3. The number of carbonyl (C=O) groups excluding carboxylic acids is 1. The Morgan fingerprint density at radius 1 is 1.33 bits per heavy atom. The summed E-state index contributed by atoms with van der Waals surface area (Å²) in [6.45, 7) is 4.84. The first-order valence-corrected chi connectivity index (χ1v) is 11.3. The molecule has 1 aliphatic heterocycles. The van der Waals surface area contributed by atoms with Gasteiger partial charge in [0.15, 0.2) is 5.13 Å². The van der Waals surface area contributed by atoms with Crippen LogP contribution in [0.5, 0.6) is 0 Å². The van der Waals surface area contributed by atoms with E-state index in [1.807, 2.05) is 25.3 Å². The second-order valence-electron chi connectivity index (χ2n) is 7.26. The summed E-state index contributed by atoms with van der Waals surface area (Å²) in [4.78, 5) is 19.7. The molecular formula is C21H21Cl2N3O3S. The molecular weight excluding hydrogens is 445 g/mol. The third-order valence-corrected chi connectivity index (χ3v) is 6.56. The zero-order valence-corrected chi connectivity index (χ0v) is 19.0. The molecule has 3 heterocycles. The Morgan fingerprint density at radius 3 is 2.83 bits per heavy atom. The van der Waals surface area contributed by atoms with Gasteiger partial charge in [-0.2, -0.15) is 0 Å². The molecule has 1 saturated heterocycles. The maximum atomic E-state index is 13.3. The number of rotatable bonds is 6. The van der Waals surface area contributed by atoms with Crippen LogP contribution in [0, 0.1) is 13.8 Å². The number of anilines is 1. The number of nitrogens with zero attached hydrogens (tertiary/aromatic N) is 3. The average molecular weight is 466 g/mol. The van der Waals surface area contributed by atoms with Gasteiger partial charge in [0.05, 0.1) is 35.5 Å². The van der Waals surface area contributed by atoms with Gasteiger partial charge < -0.3 is 9.26 Å². The van der Waals surface area contributed by atoms with Crippen molar-refractivity contribution in [1.29, 1.82) is 0 Å². The average Bonchev–Trinajstić information content (AvgIpc) is 3.45. The van der Waals surface area contributed by atoms with E-state index in [2.05, 4.69) is 5.16 Å². The Hall–Kier alpha value is -1.93. The van der Waals surface area contributed by atoms with Crippen LogP contribution >= 0.6 is 34.5 Å². The lowest BCUT2D eigenvalue weighted by molar-refractivity contribution is -0.118. The number of hydrogen-bond acceptors (Lipinski definition) is 6. The van der Waals surface area contributed by atoms with Crippen molar-refractivity contribution in [2.24, 2.45) is 0 Å². The van der Waals surface area contributed by atoms with E-state index in [1.54, 1.807) is 17.0 Å². The summed E-state index contributed by atoms with van der Waals surface area (Å²) < 4.78 is 11.0. The number of carbonyl (C=O) groups is 1. The molecule has 1 aliphatic rings. The van der Waals surface area contributed by atoms with Crippen molar-refractivity contribution in [2.45, 2.75) is 39.2 Å². The maximum Gasteiger partial charge on any atom is 0.233 e. The molecule has 1 amide bonds.